The van der Waals surface area contributed by atoms with E-state index in [4.69, 9.17) is 15.2 Å². The number of nitrogen functional groups attached to an aromatic ring is 1. The zero-order valence-electron chi connectivity index (χ0n) is 15.9. The van der Waals surface area contributed by atoms with Crippen molar-refractivity contribution in [2.75, 3.05) is 6.54 Å². The second kappa shape index (κ2) is 7.61. The lowest BCUT2D eigenvalue weighted by Gasteiger charge is -2.32. The topological polar surface area (TPSA) is 103 Å². The van der Waals surface area contributed by atoms with Crippen LogP contribution in [0.4, 0.5) is 0 Å². The van der Waals surface area contributed by atoms with E-state index in [0.717, 1.165) is 11.0 Å². The summed E-state index contributed by atoms with van der Waals surface area (Å²) in [6.07, 6.45) is 1.89. The number of nitrogens with two attached hydrogens (primary N) is 1. The molecule has 1 fully saturated rings. The second-order valence-corrected chi connectivity index (χ2v) is 7.31. The molecule has 26 heavy (non-hydrogen) atoms. The molecule has 1 aromatic carbocycles. The van der Waals surface area contributed by atoms with Gasteiger partial charge in [0.2, 0.25) is 5.91 Å². The molecule has 1 heterocycles. The van der Waals surface area contributed by atoms with Gasteiger partial charge in [0.05, 0.1) is 11.2 Å². The third-order valence-electron chi connectivity index (χ3n) is 4.75. The average Bonchev–Trinajstić information content (AvgIpc) is 2.78. The van der Waals surface area contributed by atoms with Crippen LogP contribution in [-0.4, -0.2) is 36.7 Å². The molecule has 2 rings (SSSR count). The summed E-state index contributed by atoms with van der Waals surface area (Å²) >= 11 is 0. The van der Waals surface area contributed by atoms with Crippen LogP contribution >= 0.6 is 0 Å². The van der Waals surface area contributed by atoms with Crippen LogP contribution in [0, 0.1) is 0 Å². The smallest absolute Gasteiger partial charge is 0.400 e. The molecule has 1 saturated heterocycles. The van der Waals surface area contributed by atoms with Gasteiger partial charge in [-0.2, -0.15) is 0 Å². The Kier molecular flexibility index (Phi) is 5.90. The Bertz CT molecular complexity index is 698. The van der Waals surface area contributed by atoms with Gasteiger partial charge in [0, 0.05) is 19.0 Å². The highest BCUT2D eigenvalue weighted by atomic mass is 16.7. The number of carbonyl (C=O) groups excluding carboxylic acids is 2. The van der Waals surface area contributed by atoms with E-state index in [-0.39, 0.29) is 11.8 Å². The monoisotopic (exact) mass is 359 g/mol. The first kappa shape index (κ1) is 20.2. The predicted octanol–water partition coefficient (Wildman–Crippen LogP) is 1.44. The van der Waals surface area contributed by atoms with E-state index >= 15 is 0 Å². The average molecular weight is 359 g/mol. The molecule has 1 aromatic rings. The fourth-order valence-electron chi connectivity index (χ4n) is 2.45. The molecule has 7 nitrogen and oxygen atoms in total. The maximum absolute atomic E-state index is 11.5. The van der Waals surface area contributed by atoms with E-state index in [9.17, 15) is 9.59 Å². The lowest BCUT2D eigenvalue weighted by atomic mass is 9.77. The van der Waals surface area contributed by atoms with E-state index in [1.54, 1.807) is 24.3 Å². The van der Waals surface area contributed by atoms with Crippen LogP contribution in [-0.2, 0) is 14.1 Å². The fraction of sp³-hybridized carbons (Fsp3) is 0.444. The first-order chi connectivity index (χ1) is 12.1. The number of nitrogens with one attached hydrogen (secondary N) is 2. The zero-order chi connectivity index (χ0) is 19.5. The van der Waals surface area contributed by atoms with Gasteiger partial charge in [-0.3, -0.25) is 15.0 Å². The summed E-state index contributed by atoms with van der Waals surface area (Å²) in [5.41, 5.74) is 3.25. The highest BCUT2D eigenvalue weighted by Crippen LogP contribution is 2.38. The summed E-state index contributed by atoms with van der Waals surface area (Å²) in [7, 11) is -0.570. The minimum absolute atomic E-state index is 0.137. The largest absolute Gasteiger partial charge is 0.492 e. The quantitative estimate of drug-likeness (QED) is 0.320. The SMILES string of the molecule is CC(=O)NCC(=Cc1ccc(C(=O)NN)cc1)B1OC(C)(C)C(C)(C)O1. The van der Waals surface area contributed by atoms with Crippen LogP contribution in [0.1, 0.15) is 50.5 Å². The summed E-state index contributed by atoms with van der Waals surface area (Å²) in [6.45, 7) is 9.66. The first-order valence-electron chi connectivity index (χ1n) is 8.47. The van der Waals surface area contributed by atoms with Crippen molar-refractivity contribution in [1.82, 2.24) is 10.7 Å². The molecular formula is C18H26BN3O4. The number of hydrogen-bond acceptors (Lipinski definition) is 5. The van der Waals surface area contributed by atoms with Crippen LogP contribution in [0.5, 0.6) is 0 Å². The Morgan fingerprint density at radius 3 is 2.12 bits per heavy atom. The highest BCUT2D eigenvalue weighted by molar-refractivity contribution is 6.56. The van der Waals surface area contributed by atoms with Crippen LogP contribution in [0.3, 0.4) is 0 Å². The lowest BCUT2D eigenvalue weighted by Crippen LogP contribution is -2.41. The molecule has 4 N–H and O–H groups in total. The van der Waals surface area contributed by atoms with Crippen LogP contribution < -0.4 is 16.6 Å². The molecule has 0 unspecified atom stereocenters. The van der Waals surface area contributed by atoms with Crippen molar-refractivity contribution >= 4 is 25.0 Å². The minimum Gasteiger partial charge on any atom is -0.400 e. The van der Waals surface area contributed by atoms with Gasteiger partial charge in [0.15, 0.2) is 0 Å². The van der Waals surface area contributed by atoms with Gasteiger partial charge in [-0.15, -0.1) is 0 Å². The van der Waals surface area contributed by atoms with Crippen molar-refractivity contribution in [2.24, 2.45) is 5.84 Å². The molecule has 0 radical (unpaired) electrons. The van der Waals surface area contributed by atoms with Crippen molar-refractivity contribution in [3.05, 3.63) is 40.9 Å². The molecule has 8 heteroatoms. The number of benzene rings is 1. The molecule has 0 atom stereocenters. The standard InChI is InChI=1S/C18H26BN3O4/c1-12(23)21-11-15(19-25-17(2,3)18(4,5)26-19)10-13-6-8-14(9-7-13)16(24)22-20/h6-10H,11,20H2,1-5H3,(H,21,23)(H,22,24). The molecule has 2 amide bonds. The van der Waals surface area contributed by atoms with E-state index in [1.165, 1.54) is 6.92 Å². The first-order valence-corrected chi connectivity index (χ1v) is 8.47. The number of carbonyl (C=O) groups is 2. The normalized spacial score (nSPS) is 18.5. The summed E-state index contributed by atoms with van der Waals surface area (Å²) in [5.74, 6) is 4.65. The summed E-state index contributed by atoms with van der Waals surface area (Å²) < 4.78 is 12.2. The van der Waals surface area contributed by atoms with Gasteiger partial charge in [0.25, 0.3) is 5.91 Å². The van der Waals surface area contributed by atoms with Crippen molar-refractivity contribution in [1.29, 1.82) is 0 Å². The Morgan fingerprint density at radius 1 is 1.12 bits per heavy atom. The van der Waals surface area contributed by atoms with Crippen molar-refractivity contribution in [3.63, 3.8) is 0 Å². The highest BCUT2D eigenvalue weighted by Gasteiger charge is 2.52. The Balaban J connectivity index is 2.28. The number of amides is 2. The van der Waals surface area contributed by atoms with Gasteiger partial charge in [-0.1, -0.05) is 18.2 Å². The Labute approximate surface area is 154 Å². The van der Waals surface area contributed by atoms with Crippen molar-refractivity contribution in [2.45, 2.75) is 45.8 Å². The summed E-state index contributed by atoms with van der Waals surface area (Å²) in [5, 5.41) is 2.79. The molecule has 140 valence electrons. The Morgan fingerprint density at radius 2 is 1.65 bits per heavy atom. The van der Waals surface area contributed by atoms with Crippen LogP contribution in [0.2, 0.25) is 0 Å². The zero-order valence-corrected chi connectivity index (χ0v) is 15.9. The summed E-state index contributed by atoms with van der Waals surface area (Å²) in [6, 6.07) is 6.94. The van der Waals surface area contributed by atoms with Gasteiger partial charge < -0.3 is 14.6 Å². The minimum atomic E-state index is -0.570. The molecule has 0 bridgehead atoms. The van der Waals surface area contributed by atoms with E-state index < -0.39 is 18.3 Å². The maximum Gasteiger partial charge on any atom is 0.492 e. The molecule has 0 saturated carbocycles. The molecular weight excluding hydrogens is 333 g/mol. The molecule has 0 aliphatic carbocycles. The third-order valence-corrected chi connectivity index (χ3v) is 4.75. The number of rotatable bonds is 5. The Hall–Kier alpha value is -2.16. The van der Waals surface area contributed by atoms with Gasteiger partial charge in [0.1, 0.15) is 0 Å². The predicted molar refractivity (Wildman–Crippen MR) is 101 cm³/mol. The molecule has 0 spiro atoms. The summed E-state index contributed by atoms with van der Waals surface area (Å²) in [4.78, 5) is 22.9. The van der Waals surface area contributed by atoms with Crippen LogP contribution in [0.15, 0.2) is 29.7 Å². The molecule has 1 aliphatic rings. The van der Waals surface area contributed by atoms with E-state index in [0.29, 0.717) is 12.1 Å². The van der Waals surface area contributed by atoms with E-state index in [1.807, 2.05) is 33.8 Å². The maximum atomic E-state index is 11.5. The van der Waals surface area contributed by atoms with Crippen LogP contribution in [0.25, 0.3) is 6.08 Å². The molecule has 0 aromatic heterocycles. The van der Waals surface area contributed by atoms with Gasteiger partial charge >= 0.3 is 7.12 Å². The van der Waals surface area contributed by atoms with Crippen molar-refractivity contribution in [3.8, 4) is 0 Å². The van der Waals surface area contributed by atoms with Crippen molar-refractivity contribution < 1.29 is 18.9 Å². The second-order valence-electron chi connectivity index (χ2n) is 7.31. The molecule has 1 aliphatic heterocycles. The number of hydrazine groups is 1. The third kappa shape index (κ3) is 4.52. The fourth-order valence-corrected chi connectivity index (χ4v) is 2.45. The number of hydrogen-bond donors (Lipinski definition) is 3. The van der Waals surface area contributed by atoms with Gasteiger partial charge in [-0.25, -0.2) is 5.84 Å². The van der Waals surface area contributed by atoms with Gasteiger partial charge in [-0.05, 0) is 50.9 Å². The lowest BCUT2D eigenvalue weighted by molar-refractivity contribution is -0.118. The van der Waals surface area contributed by atoms with E-state index in [2.05, 4.69) is 10.7 Å².